The number of nitrogens with one attached hydrogen (secondary N) is 2. The molecule has 0 radical (unpaired) electrons. The van der Waals surface area contributed by atoms with Crippen LogP contribution in [-0.4, -0.2) is 55.9 Å². The number of hydrogen-bond acceptors (Lipinski definition) is 3. The van der Waals surface area contributed by atoms with E-state index in [9.17, 15) is 4.79 Å². The van der Waals surface area contributed by atoms with Crippen LogP contribution in [0.3, 0.4) is 0 Å². The lowest BCUT2D eigenvalue weighted by Gasteiger charge is -2.32. The second-order valence-electron chi connectivity index (χ2n) is 5.33. The number of ether oxygens (including phenoxy) is 1. The van der Waals surface area contributed by atoms with Gasteiger partial charge in [0.05, 0.1) is 13.2 Å². The zero-order valence-corrected chi connectivity index (χ0v) is 11.3. The van der Waals surface area contributed by atoms with Crippen molar-refractivity contribution in [2.24, 2.45) is 0 Å². The Morgan fingerprint density at radius 3 is 2.67 bits per heavy atom. The lowest BCUT2D eigenvalue weighted by atomic mass is 10.2. The number of hydrogen-bond donors (Lipinski definition) is 2. The number of morpholine rings is 1. The number of amides is 2. The zero-order valence-electron chi connectivity index (χ0n) is 11.3. The molecule has 0 bridgehead atoms. The van der Waals surface area contributed by atoms with Gasteiger partial charge < -0.3 is 15.4 Å². The number of rotatable bonds is 4. The third-order valence-corrected chi connectivity index (χ3v) is 3.92. The molecule has 5 heteroatoms. The Hall–Kier alpha value is -0.810. The van der Waals surface area contributed by atoms with Crippen molar-refractivity contribution in [2.75, 3.05) is 32.8 Å². The second kappa shape index (κ2) is 6.95. The minimum Gasteiger partial charge on any atom is -0.379 e. The first kappa shape index (κ1) is 13.6. The molecule has 1 aliphatic carbocycles. The molecule has 5 nitrogen and oxygen atoms in total. The SMILES string of the molecule is C[C@H](CNC(=O)NC1CCCC1)N1CCOCC1. The van der Waals surface area contributed by atoms with Crippen molar-refractivity contribution in [3.05, 3.63) is 0 Å². The molecule has 2 N–H and O–H groups in total. The summed E-state index contributed by atoms with van der Waals surface area (Å²) in [6.07, 6.45) is 4.75. The van der Waals surface area contributed by atoms with Crippen molar-refractivity contribution in [1.29, 1.82) is 0 Å². The molecule has 0 spiro atoms. The van der Waals surface area contributed by atoms with Gasteiger partial charge in [0.2, 0.25) is 0 Å². The minimum atomic E-state index is -0.0120. The lowest BCUT2D eigenvalue weighted by Crippen LogP contribution is -2.49. The van der Waals surface area contributed by atoms with Crippen LogP contribution in [0.1, 0.15) is 32.6 Å². The van der Waals surface area contributed by atoms with Gasteiger partial charge >= 0.3 is 6.03 Å². The Balaban J connectivity index is 1.61. The highest BCUT2D eigenvalue weighted by Gasteiger charge is 2.19. The molecule has 104 valence electrons. The molecule has 1 aliphatic heterocycles. The first-order valence-electron chi connectivity index (χ1n) is 7.12. The molecule has 1 heterocycles. The van der Waals surface area contributed by atoms with Gasteiger partial charge in [0.1, 0.15) is 0 Å². The second-order valence-corrected chi connectivity index (χ2v) is 5.33. The van der Waals surface area contributed by atoms with Gasteiger partial charge in [-0.15, -0.1) is 0 Å². The summed E-state index contributed by atoms with van der Waals surface area (Å²) < 4.78 is 5.32. The van der Waals surface area contributed by atoms with Gasteiger partial charge in [-0.25, -0.2) is 4.79 Å². The summed E-state index contributed by atoms with van der Waals surface area (Å²) in [5.41, 5.74) is 0. The normalized spacial score (nSPS) is 23.8. The van der Waals surface area contributed by atoms with Gasteiger partial charge in [-0.05, 0) is 19.8 Å². The van der Waals surface area contributed by atoms with Crippen LogP contribution >= 0.6 is 0 Å². The summed E-state index contributed by atoms with van der Waals surface area (Å²) >= 11 is 0. The van der Waals surface area contributed by atoms with Crippen LogP contribution in [-0.2, 0) is 4.74 Å². The molecule has 2 amide bonds. The minimum absolute atomic E-state index is 0.0120. The largest absolute Gasteiger partial charge is 0.379 e. The average Bonchev–Trinajstić information content (AvgIpc) is 2.90. The smallest absolute Gasteiger partial charge is 0.315 e. The average molecular weight is 255 g/mol. The van der Waals surface area contributed by atoms with Crippen molar-refractivity contribution in [3.63, 3.8) is 0 Å². The highest BCUT2D eigenvalue weighted by Crippen LogP contribution is 2.17. The molecule has 1 saturated heterocycles. The van der Waals surface area contributed by atoms with Crippen LogP contribution in [0.15, 0.2) is 0 Å². The Kier molecular flexibility index (Phi) is 5.26. The summed E-state index contributed by atoms with van der Waals surface area (Å²) in [4.78, 5) is 14.1. The van der Waals surface area contributed by atoms with Crippen LogP contribution in [0, 0.1) is 0 Å². The number of carbonyl (C=O) groups is 1. The van der Waals surface area contributed by atoms with Crippen molar-refractivity contribution in [1.82, 2.24) is 15.5 Å². The van der Waals surface area contributed by atoms with E-state index in [-0.39, 0.29) is 6.03 Å². The van der Waals surface area contributed by atoms with Gasteiger partial charge in [-0.1, -0.05) is 12.8 Å². The van der Waals surface area contributed by atoms with E-state index in [1.165, 1.54) is 12.8 Å². The van der Waals surface area contributed by atoms with Gasteiger partial charge in [0.25, 0.3) is 0 Å². The summed E-state index contributed by atoms with van der Waals surface area (Å²) in [6, 6.07) is 0.758. The van der Waals surface area contributed by atoms with Gasteiger partial charge in [-0.2, -0.15) is 0 Å². The highest BCUT2D eigenvalue weighted by molar-refractivity contribution is 5.74. The fourth-order valence-corrected chi connectivity index (χ4v) is 2.69. The van der Waals surface area contributed by atoms with E-state index in [1.54, 1.807) is 0 Å². The Labute approximate surface area is 109 Å². The summed E-state index contributed by atoms with van der Waals surface area (Å²) in [6.45, 7) is 6.40. The number of nitrogens with zero attached hydrogens (tertiary/aromatic N) is 1. The fraction of sp³-hybridized carbons (Fsp3) is 0.923. The van der Waals surface area contributed by atoms with E-state index < -0.39 is 0 Å². The molecule has 0 aromatic rings. The van der Waals surface area contributed by atoms with Crippen LogP contribution in [0.4, 0.5) is 4.79 Å². The van der Waals surface area contributed by atoms with E-state index in [4.69, 9.17) is 4.74 Å². The van der Waals surface area contributed by atoms with Crippen LogP contribution < -0.4 is 10.6 Å². The summed E-state index contributed by atoms with van der Waals surface area (Å²) in [5, 5.41) is 6.02. The standard InChI is InChI=1S/C13H25N3O2/c1-11(16-6-8-18-9-7-16)10-14-13(17)15-12-4-2-3-5-12/h11-12H,2-10H2,1H3,(H2,14,15,17)/t11-/m1/s1. The predicted octanol–water partition coefficient (Wildman–Crippen LogP) is 0.949. The Bertz CT molecular complexity index is 261. The van der Waals surface area contributed by atoms with E-state index in [1.807, 2.05) is 0 Å². The van der Waals surface area contributed by atoms with E-state index in [0.29, 0.717) is 18.6 Å². The maximum Gasteiger partial charge on any atom is 0.315 e. The molecule has 1 atom stereocenters. The molecular formula is C13H25N3O2. The molecule has 2 rings (SSSR count). The van der Waals surface area contributed by atoms with Gasteiger partial charge in [0, 0.05) is 31.7 Å². The molecular weight excluding hydrogens is 230 g/mol. The first-order valence-corrected chi connectivity index (χ1v) is 7.12. The van der Waals surface area contributed by atoms with E-state index in [0.717, 1.165) is 39.1 Å². The maximum atomic E-state index is 11.7. The molecule has 18 heavy (non-hydrogen) atoms. The third kappa shape index (κ3) is 4.14. The molecule has 1 saturated carbocycles. The van der Waals surface area contributed by atoms with Crippen LogP contribution in [0.2, 0.25) is 0 Å². The molecule has 0 aromatic carbocycles. The highest BCUT2D eigenvalue weighted by atomic mass is 16.5. The summed E-state index contributed by atoms with van der Waals surface area (Å²) in [7, 11) is 0. The van der Waals surface area contributed by atoms with Crippen LogP contribution in [0.25, 0.3) is 0 Å². The zero-order chi connectivity index (χ0) is 12.8. The molecule has 0 aromatic heterocycles. The lowest BCUT2D eigenvalue weighted by molar-refractivity contribution is 0.0209. The Morgan fingerprint density at radius 1 is 1.33 bits per heavy atom. The molecule has 2 aliphatic rings. The quantitative estimate of drug-likeness (QED) is 0.786. The first-order chi connectivity index (χ1) is 8.75. The maximum absolute atomic E-state index is 11.7. The van der Waals surface area contributed by atoms with E-state index in [2.05, 4.69) is 22.5 Å². The fourth-order valence-electron chi connectivity index (χ4n) is 2.69. The summed E-state index contributed by atoms with van der Waals surface area (Å²) in [5.74, 6) is 0. The van der Waals surface area contributed by atoms with Crippen molar-refractivity contribution in [2.45, 2.75) is 44.7 Å². The van der Waals surface area contributed by atoms with Crippen molar-refractivity contribution in [3.8, 4) is 0 Å². The van der Waals surface area contributed by atoms with Crippen molar-refractivity contribution >= 4 is 6.03 Å². The van der Waals surface area contributed by atoms with Gasteiger partial charge in [-0.3, -0.25) is 4.90 Å². The van der Waals surface area contributed by atoms with Crippen LogP contribution in [0.5, 0.6) is 0 Å². The topological polar surface area (TPSA) is 53.6 Å². The Morgan fingerprint density at radius 2 is 2.00 bits per heavy atom. The monoisotopic (exact) mass is 255 g/mol. The van der Waals surface area contributed by atoms with Crippen molar-refractivity contribution < 1.29 is 9.53 Å². The molecule has 2 fully saturated rings. The third-order valence-electron chi connectivity index (χ3n) is 3.92. The number of urea groups is 1. The molecule has 0 unspecified atom stereocenters. The van der Waals surface area contributed by atoms with E-state index >= 15 is 0 Å². The number of carbonyl (C=O) groups excluding carboxylic acids is 1. The predicted molar refractivity (Wildman–Crippen MR) is 70.6 cm³/mol. The van der Waals surface area contributed by atoms with Gasteiger partial charge in [0.15, 0.2) is 0 Å².